The largest absolute Gasteiger partial charge is 0.487 e. The zero-order valence-corrected chi connectivity index (χ0v) is 33.2. The minimum atomic E-state index is -1.82. The predicted molar refractivity (Wildman–Crippen MR) is 206 cm³/mol. The first-order chi connectivity index (χ1) is 22.3. The number of hydrogen-bond acceptors (Lipinski definition) is 5. The lowest BCUT2D eigenvalue weighted by atomic mass is 9.81. The molecule has 8 heteroatoms. The van der Waals surface area contributed by atoms with Crippen molar-refractivity contribution in [2.24, 2.45) is 5.92 Å². The van der Waals surface area contributed by atoms with Crippen LogP contribution in [-0.2, 0) is 35.9 Å². The third kappa shape index (κ3) is 9.04. The lowest BCUT2D eigenvalue weighted by Gasteiger charge is -2.43. The molecule has 2 aromatic carbocycles. The van der Waals surface area contributed by atoms with E-state index in [-0.39, 0.29) is 42.2 Å². The van der Waals surface area contributed by atoms with Gasteiger partial charge in [0.25, 0.3) is 0 Å². The Labute approximate surface area is 294 Å². The topological polar surface area (TPSA) is 46.2 Å². The third-order valence-electron chi connectivity index (χ3n) is 11.8. The van der Waals surface area contributed by atoms with Gasteiger partial charge < -0.3 is 23.0 Å². The smallest absolute Gasteiger partial charge is 0.412 e. The highest BCUT2D eigenvalue weighted by Crippen LogP contribution is 2.39. The van der Waals surface area contributed by atoms with E-state index in [1.165, 1.54) is 11.1 Å². The van der Waals surface area contributed by atoms with Crippen molar-refractivity contribution in [2.75, 3.05) is 0 Å². The molecule has 2 aliphatic heterocycles. The van der Waals surface area contributed by atoms with Crippen LogP contribution in [0.3, 0.4) is 0 Å². The van der Waals surface area contributed by atoms with Crippen molar-refractivity contribution in [1.29, 1.82) is 0 Å². The predicted octanol–water partition coefficient (Wildman–Crippen LogP) is 10.2. The van der Waals surface area contributed by atoms with Gasteiger partial charge in [-0.15, -0.1) is 0 Å². The van der Waals surface area contributed by atoms with Gasteiger partial charge in [0.05, 0.1) is 28.0 Å². The summed E-state index contributed by atoms with van der Waals surface area (Å²) >= 11 is 0. The highest BCUT2D eigenvalue weighted by atomic mass is 28.4. The molecule has 2 heterocycles. The lowest BCUT2D eigenvalue weighted by molar-refractivity contribution is 0.00578. The van der Waals surface area contributed by atoms with Crippen molar-refractivity contribution in [3.8, 4) is 0 Å². The molecule has 0 radical (unpaired) electrons. The van der Waals surface area contributed by atoms with Gasteiger partial charge >= 0.3 is 14.2 Å². The summed E-state index contributed by atoms with van der Waals surface area (Å²) in [6.07, 6.45) is 6.09. The van der Waals surface area contributed by atoms with Gasteiger partial charge in [0, 0.05) is 0 Å². The Kier molecular flexibility index (Phi) is 11.9. The molecule has 48 heavy (non-hydrogen) atoms. The average molecular weight is 673 g/mol. The second-order valence-corrected chi connectivity index (χ2v) is 21.2. The van der Waals surface area contributed by atoms with Crippen LogP contribution in [0.5, 0.6) is 0 Å². The van der Waals surface area contributed by atoms with E-state index in [2.05, 4.69) is 151 Å². The highest BCUT2D eigenvalue weighted by molar-refractivity contribution is 6.73. The van der Waals surface area contributed by atoms with Crippen LogP contribution < -0.4 is 0 Å². The molecule has 0 N–H and O–H groups in total. The first kappa shape index (κ1) is 38.9. The molecule has 2 saturated heterocycles. The van der Waals surface area contributed by atoms with Crippen molar-refractivity contribution >= 4 is 34.7 Å². The number of benzene rings is 2. The van der Waals surface area contributed by atoms with Crippen LogP contribution in [0.1, 0.15) is 112 Å². The normalized spacial score (nSPS) is 21.1. The van der Waals surface area contributed by atoms with E-state index >= 15 is 0 Å². The number of hydrogen-bond donors (Lipinski definition) is 0. The van der Waals surface area contributed by atoms with E-state index in [1.807, 2.05) is 12.0 Å². The maximum Gasteiger partial charge on any atom is 0.487 e. The van der Waals surface area contributed by atoms with Crippen molar-refractivity contribution in [1.82, 2.24) is 0 Å². The molecule has 0 unspecified atom stereocenters. The van der Waals surface area contributed by atoms with E-state index in [1.54, 1.807) is 0 Å². The third-order valence-corrected chi connectivity index (χ3v) is 16.6. The Balaban J connectivity index is 1.49. The van der Waals surface area contributed by atoms with Gasteiger partial charge in [-0.05, 0) is 128 Å². The molecule has 0 aliphatic carbocycles. The number of rotatable bonds is 14. The summed E-state index contributed by atoms with van der Waals surface area (Å²) in [5, 5.41) is 0. The average Bonchev–Trinajstić information content (AvgIpc) is 3.36. The van der Waals surface area contributed by atoms with E-state index in [4.69, 9.17) is 23.0 Å². The molecule has 0 atom stereocenters. The quantitative estimate of drug-likeness (QED) is 0.187. The molecule has 0 saturated carbocycles. The van der Waals surface area contributed by atoms with Crippen LogP contribution in [-0.4, -0.2) is 50.6 Å². The van der Waals surface area contributed by atoms with E-state index < -0.39 is 8.32 Å². The molecule has 0 amide bonds. The SMILES string of the molecule is CC[Si](CC)(CC)OC(C)(C)C(Cc1ccc(C=CB2OC(C)(C)C(C)(C)O2)cc1)Cc1ccc(C=CB2OC(C)(C)C(C)(C)O2)cc1. The van der Waals surface area contributed by atoms with Crippen LogP contribution in [0.2, 0.25) is 18.1 Å². The van der Waals surface area contributed by atoms with Gasteiger partial charge in [0.2, 0.25) is 0 Å². The molecular weight excluding hydrogens is 610 g/mol. The monoisotopic (exact) mass is 672 g/mol. The zero-order valence-electron chi connectivity index (χ0n) is 32.2. The molecule has 0 spiro atoms. The minimum Gasteiger partial charge on any atom is -0.412 e. The van der Waals surface area contributed by atoms with Gasteiger partial charge in [-0.1, -0.05) is 93.4 Å². The van der Waals surface area contributed by atoms with Crippen LogP contribution in [0, 0.1) is 5.92 Å². The summed E-state index contributed by atoms with van der Waals surface area (Å²) < 4.78 is 31.8. The summed E-state index contributed by atoms with van der Waals surface area (Å²) in [5.74, 6) is 4.35. The molecule has 4 rings (SSSR count). The second kappa shape index (κ2) is 14.7. The molecule has 2 aromatic rings. The Bertz CT molecular complexity index is 1280. The van der Waals surface area contributed by atoms with Gasteiger partial charge in [0.15, 0.2) is 8.32 Å². The molecule has 0 aromatic heterocycles. The van der Waals surface area contributed by atoms with Crippen molar-refractivity contribution in [3.05, 3.63) is 82.7 Å². The fourth-order valence-corrected chi connectivity index (χ4v) is 9.80. The molecule has 5 nitrogen and oxygen atoms in total. The molecule has 262 valence electrons. The van der Waals surface area contributed by atoms with Crippen molar-refractivity contribution in [3.63, 3.8) is 0 Å². The fraction of sp³-hybridized carbons (Fsp3) is 0.600. The maximum absolute atomic E-state index is 7.25. The molecule has 0 bridgehead atoms. The highest BCUT2D eigenvalue weighted by Gasteiger charge is 2.51. The van der Waals surface area contributed by atoms with Crippen LogP contribution in [0.25, 0.3) is 12.2 Å². The summed E-state index contributed by atoms with van der Waals surface area (Å²) in [7, 11) is -2.51. The van der Waals surface area contributed by atoms with Crippen LogP contribution in [0.15, 0.2) is 60.5 Å². The maximum atomic E-state index is 7.25. The van der Waals surface area contributed by atoms with Gasteiger partial charge in [-0.3, -0.25) is 0 Å². The van der Waals surface area contributed by atoms with Gasteiger partial charge in [-0.25, -0.2) is 0 Å². The Morgan fingerprint density at radius 1 is 0.604 bits per heavy atom. The first-order valence-electron chi connectivity index (χ1n) is 18.2. The molecule has 2 aliphatic rings. The Hall–Kier alpha value is -1.93. The minimum absolute atomic E-state index is 0.265. The second-order valence-electron chi connectivity index (χ2n) is 16.5. The summed E-state index contributed by atoms with van der Waals surface area (Å²) in [6, 6.07) is 21.3. The Morgan fingerprint density at radius 3 is 1.21 bits per heavy atom. The fourth-order valence-electron chi connectivity index (χ4n) is 6.58. The van der Waals surface area contributed by atoms with E-state index in [0.29, 0.717) is 5.92 Å². The molecular formula is C40H62B2O5Si. The summed E-state index contributed by atoms with van der Waals surface area (Å²) in [4.78, 5) is 0. The van der Waals surface area contributed by atoms with Crippen molar-refractivity contribution in [2.45, 2.75) is 149 Å². The first-order valence-corrected chi connectivity index (χ1v) is 20.7. The zero-order chi connectivity index (χ0) is 35.6. The summed E-state index contributed by atoms with van der Waals surface area (Å²) in [6.45, 7) is 28.3. The van der Waals surface area contributed by atoms with Crippen LogP contribution >= 0.6 is 0 Å². The Morgan fingerprint density at radius 2 is 0.917 bits per heavy atom. The van der Waals surface area contributed by atoms with Crippen molar-refractivity contribution < 1.29 is 23.0 Å². The van der Waals surface area contributed by atoms with E-state index in [9.17, 15) is 0 Å². The standard InChI is InChI=1S/C40H62B2O5Si/c1-14-48(15-2,16-3)47-36(4,5)35(29-33-21-17-31(18-22-33)25-27-41-43-37(6,7)38(8,9)44-41)30-34-23-19-32(20-24-34)26-28-42-45-39(10,11)40(12,13)46-42/h17-28,35H,14-16,29-30H2,1-13H3. The van der Waals surface area contributed by atoms with Gasteiger partial charge in [0.1, 0.15) is 0 Å². The van der Waals surface area contributed by atoms with E-state index in [0.717, 1.165) is 42.1 Å². The lowest BCUT2D eigenvalue weighted by Crippen LogP contribution is -2.49. The van der Waals surface area contributed by atoms with Gasteiger partial charge in [-0.2, -0.15) is 0 Å². The summed E-state index contributed by atoms with van der Waals surface area (Å²) in [5.41, 5.74) is 3.30. The molecule has 2 fully saturated rings. The van der Waals surface area contributed by atoms with Crippen LogP contribution in [0.4, 0.5) is 0 Å².